The zero-order chi connectivity index (χ0) is 14.7. The highest BCUT2D eigenvalue weighted by atomic mass is 127. The number of anilines is 1. The van der Waals surface area contributed by atoms with Crippen molar-refractivity contribution < 1.29 is 9.59 Å². The topological polar surface area (TPSA) is 58.2 Å². The van der Waals surface area contributed by atoms with Crippen LogP contribution in [0.5, 0.6) is 0 Å². The Kier molecular flexibility index (Phi) is 5.01. The van der Waals surface area contributed by atoms with Gasteiger partial charge in [0.2, 0.25) is 11.8 Å². The van der Waals surface area contributed by atoms with E-state index in [9.17, 15) is 9.59 Å². The van der Waals surface area contributed by atoms with Gasteiger partial charge < -0.3 is 10.6 Å². The highest BCUT2D eigenvalue weighted by molar-refractivity contribution is 14.1. The molecule has 1 fully saturated rings. The van der Waals surface area contributed by atoms with E-state index in [1.165, 1.54) is 5.56 Å². The maximum atomic E-state index is 11.8. The molecule has 0 unspecified atom stereocenters. The molecule has 0 spiro atoms. The number of aryl methyl sites for hydroxylation is 1. The van der Waals surface area contributed by atoms with Gasteiger partial charge in [0.05, 0.1) is 0 Å². The predicted octanol–water partition coefficient (Wildman–Crippen LogP) is 2.70. The molecule has 2 rings (SSSR count). The van der Waals surface area contributed by atoms with Gasteiger partial charge in [-0.15, -0.1) is 0 Å². The van der Waals surface area contributed by atoms with Crippen LogP contribution in [0.25, 0.3) is 0 Å². The Labute approximate surface area is 132 Å². The van der Waals surface area contributed by atoms with E-state index < -0.39 is 0 Å². The molecule has 1 saturated carbocycles. The minimum Gasteiger partial charge on any atom is -0.355 e. The summed E-state index contributed by atoms with van der Waals surface area (Å²) < 4.78 is 1.12. The fourth-order valence-corrected chi connectivity index (χ4v) is 2.53. The summed E-state index contributed by atoms with van der Waals surface area (Å²) in [5.41, 5.74) is 1.99. The van der Waals surface area contributed by atoms with Crippen molar-refractivity contribution >= 4 is 40.1 Å². The Balaban J connectivity index is 1.72. The summed E-state index contributed by atoms with van der Waals surface area (Å²) in [6.45, 7) is 4.49. The molecular weight excluding hydrogens is 367 g/mol. The van der Waals surface area contributed by atoms with Crippen LogP contribution >= 0.6 is 22.6 Å². The van der Waals surface area contributed by atoms with Crippen LogP contribution in [0, 0.1) is 22.3 Å². The molecule has 4 nitrogen and oxygen atoms in total. The molecule has 1 aliphatic carbocycles. The van der Waals surface area contributed by atoms with Crippen molar-refractivity contribution in [3.63, 3.8) is 0 Å². The quantitative estimate of drug-likeness (QED) is 0.765. The summed E-state index contributed by atoms with van der Waals surface area (Å²) in [4.78, 5) is 23.4. The summed E-state index contributed by atoms with van der Waals surface area (Å²) in [7, 11) is 0. The minimum absolute atomic E-state index is 0.0752. The molecule has 0 saturated heterocycles. The second kappa shape index (κ2) is 6.56. The highest BCUT2D eigenvalue weighted by Gasteiger charge is 2.38. The fourth-order valence-electron chi connectivity index (χ4n) is 2.01. The van der Waals surface area contributed by atoms with Crippen molar-refractivity contribution in [2.24, 2.45) is 11.8 Å². The molecule has 2 atom stereocenters. The molecule has 1 aliphatic rings. The lowest BCUT2D eigenvalue weighted by molar-refractivity contribution is -0.122. The molecule has 5 heteroatoms. The number of halogens is 1. The van der Waals surface area contributed by atoms with Crippen LogP contribution in [0.4, 0.5) is 5.69 Å². The van der Waals surface area contributed by atoms with Crippen LogP contribution in [-0.2, 0) is 9.59 Å². The smallest absolute Gasteiger partial charge is 0.226 e. The summed E-state index contributed by atoms with van der Waals surface area (Å²) in [6, 6.07) is 5.81. The van der Waals surface area contributed by atoms with Crippen LogP contribution in [0.15, 0.2) is 18.2 Å². The fraction of sp³-hybridized carbons (Fsp3) is 0.467. The number of carbonyl (C=O) groups is 2. The molecule has 1 aromatic rings. The number of amides is 2. The van der Waals surface area contributed by atoms with E-state index in [4.69, 9.17) is 0 Å². The van der Waals surface area contributed by atoms with Gasteiger partial charge in [-0.05, 0) is 59.5 Å². The van der Waals surface area contributed by atoms with E-state index in [2.05, 4.69) is 40.1 Å². The van der Waals surface area contributed by atoms with E-state index in [-0.39, 0.29) is 17.7 Å². The first-order valence-corrected chi connectivity index (χ1v) is 7.89. The Morgan fingerprint density at radius 1 is 1.40 bits per heavy atom. The molecular formula is C15H19IN2O2. The van der Waals surface area contributed by atoms with Gasteiger partial charge in [0.25, 0.3) is 0 Å². The molecule has 2 N–H and O–H groups in total. The number of carbonyl (C=O) groups excluding carboxylic acids is 2. The van der Waals surface area contributed by atoms with Crippen molar-refractivity contribution in [3.05, 3.63) is 27.3 Å². The first-order chi connectivity index (χ1) is 9.47. The third kappa shape index (κ3) is 4.19. The first-order valence-electron chi connectivity index (χ1n) is 6.81. The Hall–Kier alpha value is -1.11. The maximum Gasteiger partial charge on any atom is 0.226 e. The largest absolute Gasteiger partial charge is 0.355 e. The van der Waals surface area contributed by atoms with Gasteiger partial charge in [-0.3, -0.25) is 9.59 Å². The highest BCUT2D eigenvalue weighted by Crippen LogP contribution is 2.37. The van der Waals surface area contributed by atoms with E-state index in [0.29, 0.717) is 18.9 Å². The molecule has 0 bridgehead atoms. The van der Waals surface area contributed by atoms with Crippen molar-refractivity contribution in [1.82, 2.24) is 5.32 Å². The van der Waals surface area contributed by atoms with Gasteiger partial charge in [0, 0.05) is 28.1 Å². The maximum absolute atomic E-state index is 11.8. The molecule has 1 aromatic carbocycles. The van der Waals surface area contributed by atoms with Gasteiger partial charge in [0.15, 0.2) is 0 Å². The third-order valence-corrected chi connectivity index (χ3v) is 4.72. The summed E-state index contributed by atoms with van der Waals surface area (Å²) >= 11 is 2.24. The normalized spacial score (nSPS) is 20.4. The van der Waals surface area contributed by atoms with Crippen molar-refractivity contribution in [1.29, 1.82) is 0 Å². The van der Waals surface area contributed by atoms with Crippen LogP contribution < -0.4 is 10.6 Å². The second-order valence-corrected chi connectivity index (χ2v) is 6.53. The van der Waals surface area contributed by atoms with E-state index >= 15 is 0 Å². The molecule has 2 amide bonds. The van der Waals surface area contributed by atoms with Gasteiger partial charge in [-0.1, -0.05) is 13.0 Å². The van der Waals surface area contributed by atoms with Gasteiger partial charge in [0.1, 0.15) is 0 Å². The van der Waals surface area contributed by atoms with Crippen LogP contribution in [-0.4, -0.2) is 18.4 Å². The van der Waals surface area contributed by atoms with E-state index in [1.807, 2.05) is 25.1 Å². The minimum atomic E-state index is -0.0752. The number of hydrogen-bond acceptors (Lipinski definition) is 2. The molecule has 0 aromatic heterocycles. The van der Waals surface area contributed by atoms with Crippen molar-refractivity contribution in [3.8, 4) is 0 Å². The lowest BCUT2D eigenvalue weighted by Crippen LogP contribution is -2.29. The van der Waals surface area contributed by atoms with Crippen molar-refractivity contribution in [2.45, 2.75) is 26.7 Å². The monoisotopic (exact) mass is 386 g/mol. The van der Waals surface area contributed by atoms with E-state index in [0.717, 1.165) is 15.7 Å². The summed E-state index contributed by atoms with van der Waals surface area (Å²) in [5.74, 6) is 0.666. The zero-order valence-electron chi connectivity index (χ0n) is 11.7. The predicted molar refractivity (Wildman–Crippen MR) is 87.4 cm³/mol. The number of benzene rings is 1. The number of nitrogens with one attached hydrogen (secondary N) is 2. The van der Waals surface area contributed by atoms with Crippen molar-refractivity contribution in [2.75, 3.05) is 11.9 Å². The second-order valence-electron chi connectivity index (χ2n) is 5.37. The van der Waals surface area contributed by atoms with E-state index in [1.54, 1.807) is 0 Å². The molecule has 0 radical (unpaired) electrons. The Bertz CT molecular complexity index is 531. The lowest BCUT2D eigenvalue weighted by Gasteiger charge is -2.08. The van der Waals surface area contributed by atoms with Crippen LogP contribution in [0.1, 0.15) is 25.3 Å². The lowest BCUT2D eigenvalue weighted by atomic mass is 10.2. The van der Waals surface area contributed by atoms with Crippen LogP contribution in [0.3, 0.4) is 0 Å². The number of rotatable bonds is 5. The standard InChI is InChI=1S/C15H19IN2O2/c1-9-3-4-11(8-13(9)16)18-14(19)5-6-17-15(20)12-7-10(12)2/h3-4,8,10,12H,5-7H2,1-2H3,(H,17,20)(H,18,19)/t10-,12-/m0/s1. The average Bonchev–Trinajstić information content (AvgIpc) is 3.11. The van der Waals surface area contributed by atoms with Crippen LogP contribution in [0.2, 0.25) is 0 Å². The Morgan fingerprint density at radius 2 is 2.10 bits per heavy atom. The van der Waals surface area contributed by atoms with Gasteiger partial charge in [-0.2, -0.15) is 0 Å². The Morgan fingerprint density at radius 3 is 2.70 bits per heavy atom. The number of hydrogen-bond donors (Lipinski definition) is 2. The zero-order valence-corrected chi connectivity index (χ0v) is 13.9. The third-order valence-electron chi connectivity index (χ3n) is 3.55. The van der Waals surface area contributed by atoms with Gasteiger partial charge in [-0.25, -0.2) is 0 Å². The van der Waals surface area contributed by atoms with Gasteiger partial charge >= 0.3 is 0 Å². The molecule has 20 heavy (non-hydrogen) atoms. The summed E-state index contributed by atoms with van der Waals surface area (Å²) in [5, 5.41) is 5.65. The molecule has 0 heterocycles. The molecule has 108 valence electrons. The first kappa shape index (κ1) is 15.3. The molecule has 0 aliphatic heterocycles. The average molecular weight is 386 g/mol. The SMILES string of the molecule is Cc1ccc(NC(=O)CCNC(=O)[C@H]2C[C@@H]2C)cc1I. The summed E-state index contributed by atoms with van der Waals surface area (Å²) in [6.07, 6.45) is 1.27.